The number of aromatic amines is 1. The number of ether oxygens (including phenoxy) is 1. The fourth-order valence-electron chi connectivity index (χ4n) is 3.50. The Bertz CT molecular complexity index is 1620. The molecule has 0 bridgehead atoms. The number of hydrogen-bond acceptors (Lipinski definition) is 7. The Labute approximate surface area is 214 Å². The molecule has 0 spiro atoms. The second-order valence-corrected chi connectivity index (χ2v) is 11.0. The molecule has 0 aliphatic carbocycles. The predicted octanol–water partition coefficient (Wildman–Crippen LogP) is 6.79. The SMILES string of the molecule is CSc1nc2c(F)c(-c3ccc(F)c4sc(NC(=O)OC(C)(C)C)c(C#N)c34)c(Br)cc2c(=O)[nH]1. The highest BCUT2D eigenvalue weighted by Gasteiger charge is 2.26. The van der Waals surface area contributed by atoms with E-state index in [0.717, 1.165) is 29.2 Å². The van der Waals surface area contributed by atoms with Gasteiger partial charge in [0.1, 0.15) is 28.0 Å². The number of nitrogens with one attached hydrogen (secondary N) is 2. The van der Waals surface area contributed by atoms with Gasteiger partial charge in [0.25, 0.3) is 5.56 Å². The number of nitriles is 1. The van der Waals surface area contributed by atoms with E-state index in [-0.39, 0.29) is 52.3 Å². The van der Waals surface area contributed by atoms with Crippen LogP contribution in [0, 0.1) is 23.0 Å². The minimum Gasteiger partial charge on any atom is -0.444 e. The minimum absolute atomic E-state index is 0.00534. The van der Waals surface area contributed by atoms with E-state index in [9.17, 15) is 19.2 Å². The molecule has 35 heavy (non-hydrogen) atoms. The van der Waals surface area contributed by atoms with Gasteiger partial charge in [-0.25, -0.2) is 18.6 Å². The molecule has 0 radical (unpaired) electrons. The Kier molecular flexibility index (Phi) is 6.61. The first kappa shape index (κ1) is 25.1. The number of aromatic nitrogens is 2. The molecule has 2 N–H and O–H groups in total. The molecule has 7 nitrogen and oxygen atoms in total. The van der Waals surface area contributed by atoms with Crippen molar-refractivity contribution >= 4 is 71.1 Å². The lowest BCUT2D eigenvalue weighted by Crippen LogP contribution is -2.27. The summed E-state index contributed by atoms with van der Waals surface area (Å²) in [4.78, 5) is 31.5. The lowest BCUT2D eigenvalue weighted by atomic mass is 9.97. The van der Waals surface area contributed by atoms with Gasteiger partial charge < -0.3 is 9.72 Å². The average Bonchev–Trinajstić information content (AvgIpc) is 3.13. The molecule has 0 saturated carbocycles. The summed E-state index contributed by atoms with van der Waals surface area (Å²) in [6, 6.07) is 5.92. The normalized spacial score (nSPS) is 11.6. The van der Waals surface area contributed by atoms with Gasteiger partial charge >= 0.3 is 6.09 Å². The number of carbonyl (C=O) groups is 1. The Balaban J connectivity index is 2.00. The van der Waals surface area contributed by atoms with Crippen LogP contribution in [0.2, 0.25) is 0 Å². The number of thioether (sulfide) groups is 1. The molecule has 4 aromatic rings. The van der Waals surface area contributed by atoms with Crippen molar-refractivity contribution in [2.24, 2.45) is 0 Å². The smallest absolute Gasteiger partial charge is 0.412 e. The number of carbonyl (C=O) groups excluding carboxylic acids is 1. The molecule has 180 valence electrons. The van der Waals surface area contributed by atoms with Gasteiger partial charge in [0.15, 0.2) is 11.0 Å². The summed E-state index contributed by atoms with van der Waals surface area (Å²) in [6.45, 7) is 5.05. The first-order chi connectivity index (χ1) is 16.4. The second kappa shape index (κ2) is 9.22. The highest BCUT2D eigenvalue weighted by atomic mass is 79.9. The van der Waals surface area contributed by atoms with Gasteiger partial charge in [-0.05, 0) is 44.7 Å². The van der Waals surface area contributed by atoms with Gasteiger partial charge in [0, 0.05) is 15.4 Å². The molecule has 0 aliphatic rings. The summed E-state index contributed by atoms with van der Waals surface area (Å²) in [5, 5.41) is 12.9. The molecule has 2 aromatic heterocycles. The first-order valence-corrected chi connectivity index (χ1v) is 12.9. The van der Waals surface area contributed by atoms with E-state index < -0.39 is 28.9 Å². The number of fused-ring (bicyclic) bond motifs is 2. The fraction of sp³-hybridized carbons (Fsp3) is 0.217. The number of anilines is 1. The van der Waals surface area contributed by atoms with Gasteiger partial charge in [0.05, 0.1) is 15.6 Å². The molecule has 0 atom stereocenters. The van der Waals surface area contributed by atoms with E-state index >= 15 is 4.39 Å². The van der Waals surface area contributed by atoms with Crippen molar-refractivity contribution in [3.63, 3.8) is 0 Å². The van der Waals surface area contributed by atoms with E-state index in [2.05, 4.69) is 31.2 Å². The third kappa shape index (κ3) is 4.63. The van der Waals surface area contributed by atoms with Crippen LogP contribution in [-0.4, -0.2) is 27.9 Å². The van der Waals surface area contributed by atoms with Crippen LogP contribution in [0.25, 0.3) is 32.1 Å². The quantitative estimate of drug-likeness (QED) is 0.205. The number of amides is 1. The molecule has 0 aliphatic heterocycles. The maximum atomic E-state index is 15.9. The number of hydrogen-bond donors (Lipinski definition) is 2. The van der Waals surface area contributed by atoms with Crippen molar-refractivity contribution in [3.8, 4) is 17.2 Å². The zero-order chi connectivity index (χ0) is 25.7. The minimum atomic E-state index is -0.811. The van der Waals surface area contributed by atoms with E-state index in [1.54, 1.807) is 27.0 Å². The highest BCUT2D eigenvalue weighted by Crippen LogP contribution is 2.45. The van der Waals surface area contributed by atoms with Gasteiger partial charge in [-0.15, -0.1) is 11.3 Å². The molecule has 2 heterocycles. The topological polar surface area (TPSA) is 108 Å². The summed E-state index contributed by atoms with van der Waals surface area (Å²) in [5.41, 5.74) is -1.29. The summed E-state index contributed by atoms with van der Waals surface area (Å²) in [5.74, 6) is -1.44. The van der Waals surface area contributed by atoms with Crippen LogP contribution >= 0.6 is 39.0 Å². The molecule has 2 aromatic carbocycles. The van der Waals surface area contributed by atoms with Crippen LogP contribution < -0.4 is 10.9 Å². The summed E-state index contributed by atoms with van der Waals surface area (Å²) in [7, 11) is 0. The number of halogens is 3. The summed E-state index contributed by atoms with van der Waals surface area (Å²) in [6.07, 6.45) is 0.878. The molecule has 12 heteroatoms. The molecule has 4 rings (SSSR count). The van der Waals surface area contributed by atoms with E-state index in [1.807, 2.05) is 6.07 Å². The molecular weight excluding hydrogens is 562 g/mol. The largest absolute Gasteiger partial charge is 0.444 e. The summed E-state index contributed by atoms with van der Waals surface area (Å²) < 4.78 is 36.2. The maximum Gasteiger partial charge on any atom is 0.412 e. The number of nitrogens with zero attached hydrogens (tertiary/aromatic N) is 2. The van der Waals surface area contributed by atoms with Crippen molar-refractivity contribution in [2.45, 2.75) is 31.5 Å². The molecule has 0 unspecified atom stereocenters. The van der Waals surface area contributed by atoms with E-state index in [4.69, 9.17) is 4.74 Å². The van der Waals surface area contributed by atoms with Crippen molar-refractivity contribution in [3.05, 3.63) is 50.2 Å². The van der Waals surface area contributed by atoms with Crippen LogP contribution in [0.4, 0.5) is 18.6 Å². The van der Waals surface area contributed by atoms with Crippen LogP contribution in [0.3, 0.4) is 0 Å². The lowest BCUT2D eigenvalue weighted by Gasteiger charge is -2.19. The molecule has 0 fully saturated rings. The standard InChI is InChI=1S/C23H17BrF2N4O3S2/c1-23(2,3)33-22(32)30-20-11(8-27)14-9(5-6-13(25)18(14)35-20)15-12(24)7-10-17(16(15)26)28-21(34-4)29-19(10)31/h5-7H,1-4H3,(H,30,32)(H,28,29,31). The Morgan fingerprint density at radius 1 is 1.34 bits per heavy atom. The van der Waals surface area contributed by atoms with Crippen molar-refractivity contribution < 1.29 is 18.3 Å². The molecular formula is C23H17BrF2N4O3S2. The van der Waals surface area contributed by atoms with Crippen LogP contribution in [0.5, 0.6) is 0 Å². The third-order valence-electron chi connectivity index (χ3n) is 4.85. The third-order valence-corrected chi connectivity index (χ3v) is 7.17. The Hall–Kier alpha value is -3.01. The number of thiophene rings is 1. The monoisotopic (exact) mass is 578 g/mol. The van der Waals surface area contributed by atoms with Gasteiger partial charge in [-0.1, -0.05) is 33.8 Å². The lowest BCUT2D eigenvalue weighted by molar-refractivity contribution is 0.0636. The van der Waals surface area contributed by atoms with Crippen molar-refractivity contribution in [2.75, 3.05) is 11.6 Å². The Morgan fingerprint density at radius 3 is 2.69 bits per heavy atom. The van der Waals surface area contributed by atoms with E-state index in [1.165, 1.54) is 12.1 Å². The van der Waals surface area contributed by atoms with Gasteiger partial charge in [-0.3, -0.25) is 10.1 Å². The number of H-pyrrole nitrogens is 1. The molecule has 0 saturated heterocycles. The fourth-order valence-corrected chi connectivity index (χ4v) is 5.56. The van der Waals surface area contributed by atoms with Gasteiger partial charge in [0.2, 0.25) is 0 Å². The predicted molar refractivity (Wildman–Crippen MR) is 137 cm³/mol. The van der Waals surface area contributed by atoms with Crippen LogP contribution in [0.1, 0.15) is 26.3 Å². The number of benzene rings is 2. The second-order valence-electron chi connectivity index (χ2n) is 8.36. The average molecular weight is 579 g/mol. The number of rotatable bonds is 3. The van der Waals surface area contributed by atoms with Gasteiger partial charge in [-0.2, -0.15) is 5.26 Å². The zero-order valence-electron chi connectivity index (χ0n) is 18.8. The van der Waals surface area contributed by atoms with Crippen molar-refractivity contribution in [1.82, 2.24) is 9.97 Å². The summed E-state index contributed by atoms with van der Waals surface area (Å²) >= 11 is 5.31. The highest BCUT2D eigenvalue weighted by molar-refractivity contribution is 9.10. The first-order valence-electron chi connectivity index (χ1n) is 10.1. The van der Waals surface area contributed by atoms with Crippen LogP contribution in [0.15, 0.2) is 32.6 Å². The molecule has 1 amide bonds. The van der Waals surface area contributed by atoms with Crippen molar-refractivity contribution in [1.29, 1.82) is 5.26 Å². The Morgan fingerprint density at radius 2 is 2.06 bits per heavy atom. The van der Waals surface area contributed by atoms with E-state index in [0.29, 0.717) is 0 Å². The van der Waals surface area contributed by atoms with Crippen LogP contribution in [-0.2, 0) is 4.74 Å². The zero-order valence-corrected chi connectivity index (χ0v) is 22.0. The maximum absolute atomic E-state index is 15.9.